The van der Waals surface area contributed by atoms with Crippen molar-refractivity contribution < 1.29 is 28.5 Å². The van der Waals surface area contributed by atoms with Gasteiger partial charge in [0, 0.05) is 5.38 Å². The number of amides is 1. The summed E-state index contributed by atoms with van der Waals surface area (Å²) >= 11 is 0.915. The summed E-state index contributed by atoms with van der Waals surface area (Å²) in [6.45, 7) is 0. The molecule has 1 amide bonds. The van der Waals surface area contributed by atoms with Crippen molar-refractivity contribution in [3.05, 3.63) is 40.9 Å². The zero-order chi connectivity index (χ0) is 21.6. The Kier molecular flexibility index (Phi) is 7.52. The monoisotopic (exact) mass is 440 g/mol. The fourth-order valence-corrected chi connectivity index (χ4v) is 3.99. The van der Waals surface area contributed by atoms with Gasteiger partial charge in [-0.15, -0.1) is 11.3 Å². The molecule has 156 valence electrons. The highest BCUT2D eigenvalue weighted by Crippen LogP contribution is 2.18. The Morgan fingerprint density at radius 2 is 1.97 bits per heavy atom. The average Bonchev–Trinajstić information content (AvgIpc) is 3.09. The molecule has 1 aromatic carbocycles. The number of anilines is 1. The normalized spacial score (nSPS) is 14.4. The van der Waals surface area contributed by atoms with E-state index < -0.39 is 34.2 Å². The molecular formula is C17H20N4O6S2. The highest BCUT2D eigenvalue weighted by Gasteiger charge is 2.29. The van der Waals surface area contributed by atoms with Gasteiger partial charge in [0.15, 0.2) is 5.13 Å². The van der Waals surface area contributed by atoms with E-state index in [1.807, 2.05) is 0 Å². The summed E-state index contributed by atoms with van der Waals surface area (Å²) in [5.41, 5.74) is 0.591. The van der Waals surface area contributed by atoms with Gasteiger partial charge in [-0.2, -0.15) is 5.26 Å². The number of nitriles is 1. The van der Waals surface area contributed by atoms with Gasteiger partial charge in [-0.1, -0.05) is 12.1 Å². The number of carbonyl (C=O) groups excluding carboxylic acids is 1. The molecule has 2 aromatic rings. The van der Waals surface area contributed by atoms with Crippen LogP contribution in [0.1, 0.15) is 22.5 Å². The molecule has 1 aromatic heterocycles. The van der Waals surface area contributed by atoms with Crippen LogP contribution in [-0.2, 0) is 16.4 Å². The zero-order valence-electron chi connectivity index (χ0n) is 15.3. The molecule has 0 fully saturated rings. The maximum Gasteiger partial charge on any atom is 0.271 e. The van der Waals surface area contributed by atoms with Gasteiger partial charge in [-0.3, -0.25) is 9.52 Å². The Morgan fingerprint density at radius 3 is 2.55 bits per heavy atom. The number of sulfonamides is 1. The fraction of sp³-hybridized carbons (Fsp3) is 0.353. The summed E-state index contributed by atoms with van der Waals surface area (Å²) < 4.78 is 24.7. The maximum absolute atomic E-state index is 12.5. The van der Waals surface area contributed by atoms with E-state index in [2.05, 4.69) is 15.0 Å². The molecule has 10 nitrogen and oxygen atoms in total. The lowest BCUT2D eigenvalue weighted by molar-refractivity contribution is -0.000380. The first-order valence-corrected chi connectivity index (χ1v) is 11.1. The number of nitrogens with one attached hydrogen (secondary N) is 2. The number of aliphatic hydroxyl groups is 2. The summed E-state index contributed by atoms with van der Waals surface area (Å²) in [5, 5.41) is 42.4. The van der Waals surface area contributed by atoms with Gasteiger partial charge in [0.25, 0.3) is 5.91 Å². The third-order valence-electron chi connectivity index (χ3n) is 3.82. The van der Waals surface area contributed by atoms with Crippen LogP contribution in [0.25, 0.3) is 0 Å². The van der Waals surface area contributed by atoms with Gasteiger partial charge < -0.3 is 20.6 Å². The number of aliphatic hydroxyl groups excluding tert-OH is 2. The summed E-state index contributed by atoms with van der Waals surface area (Å²) in [6, 6.07) is 6.85. The predicted molar refractivity (Wildman–Crippen MR) is 106 cm³/mol. The lowest BCUT2D eigenvalue weighted by Gasteiger charge is -2.26. The van der Waals surface area contributed by atoms with E-state index in [9.17, 15) is 28.5 Å². The molecule has 1 heterocycles. The van der Waals surface area contributed by atoms with Crippen LogP contribution < -0.4 is 10.0 Å². The predicted octanol–water partition coefficient (Wildman–Crippen LogP) is 0.197. The van der Waals surface area contributed by atoms with Crippen LogP contribution in [0.15, 0.2) is 29.6 Å². The molecule has 0 bridgehead atoms. The fourth-order valence-electron chi connectivity index (χ4n) is 2.45. The summed E-state index contributed by atoms with van der Waals surface area (Å²) in [4.78, 5) is 16.4. The zero-order valence-corrected chi connectivity index (χ0v) is 16.9. The largest absolute Gasteiger partial charge is 0.508 e. The van der Waals surface area contributed by atoms with Gasteiger partial charge in [0.2, 0.25) is 10.0 Å². The molecular weight excluding hydrogens is 420 g/mol. The Labute approximate surface area is 171 Å². The van der Waals surface area contributed by atoms with Crippen molar-refractivity contribution in [3.63, 3.8) is 0 Å². The van der Waals surface area contributed by atoms with Gasteiger partial charge in [-0.05, 0) is 24.1 Å². The Hall–Kier alpha value is -2.72. The molecule has 0 spiro atoms. The van der Waals surface area contributed by atoms with Gasteiger partial charge in [0.05, 0.1) is 30.9 Å². The molecule has 0 radical (unpaired) electrons. The molecule has 0 aliphatic rings. The van der Waals surface area contributed by atoms with Crippen molar-refractivity contribution in [1.82, 2.24) is 10.3 Å². The van der Waals surface area contributed by atoms with Crippen LogP contribution in [-0.4, -0.2) is 59.1 Å². The summed E-state index contributed by atoms with van der Waals surface area (Å²) in [7, 11) is -3.55. The number of thiazole rings is 1. The quantitative estimate of drug-likeness (QED) is 0.368. The SMILES string of the molecule is CS(=O)(=O)Nc1nc(C(=O)NC(Cc2ccc(O)cc2)C(O)C(O)CC#N)cs1. The van der Waals surface area contributed by atoms with Gasteiger partial charge >= 0.3 is 0 Å². The average molecular weight is 441 g/mol. The van der Waals surface area contributed by atoms with Crippen molar-refractivity contribution in [2.75, 3.05) is 11.0 Å². The van der Waals surface area contributed by atoms with Crippen LogP contribution in [0.4, 0.5) is 5.13 Å². The number of rotatable bonds is 9. The summed E-state index contributed by atoms with van der Waals surface area (Å²) in [5.74, 6) is -0.637. The standard InChI is InChI=1S/C17H20N4O6S2/c1-29(26,27)21-17-20-13(9-28-17)16(25)19-12(15(24)14(23)6-7-18)8-10-2-4-11(22)5-3-10/h2-5,9,12,14-15,22-24H,6,8H2,1H3,(H,19,25)(H,20,21). The second-order valence-electron chi connectivity index (χ2n) is 6.28. The minimum atomic E-state index is -3.55. The third kappa shape index (κ3) is 6.99. The number of aromatic nitrogens is 1. The minimum Gasteiger partial charge on any atom is -0.508 e. The maximum atomic E-state index is 12.5. The van der Waals surface area contributed by atoms with Crippen molar-refractivity contribution >= 4 is 32.4 Å². The van der Waals surface area contributed by atoms with Crippen molar-refractivity contribution in [3.8, 4) is 11.8 Å². The molecule has 2 rings (SSSR count). The van der Waals surface area contributed by atoms with E-state index in [1.54, 1.807) is 18.2 Å². The van der Waals surface area contributed by atoms with E-state index in [1.165, 1.54) is 17.5 Å². The minimum absolute atomic E-state index is 0.0119. The van der Waals surface area contributed by atoms with E-state index in [-0.39, 0.29) is 29.4 Å². The number of benzene rings is 1. The van der Waals surface area contributed by atoms with Crippen LogP contribution in [0.5, 0.6) is 5.75 Å². The molecule has 0 aliphatic carbocycles. The van der Waals surface area contributed by atoms with E-state index in [0.717, 1.165) is 17.6 Å². The Bertz CT molecular complexity index is 984. The van der Waals surface area contributed by atoms with Crippen LogP contribution in [0.2, 0.25) is 0 Å². The first kappa shape index (κ1) is 22.6. The summed E-state index contributed by atoms with van der Waals surface area (Å²) in [6.07, 6.45) is -2.11. The van der Waals surface area contributed by atoms with Crippen molar-refractivity contribution in [2.45, 2.75) is 31.1 Å². The second kappa shape index (κ2) is 9.66. The molecule has 12 heteroatoms. The van der Waals surface area contributed by atoms with Gasteiger partial charge in [-0.25, -0.2) is 13.4 Å². The molecule has 3 unspecified atom stereocenters. The van der Waals surface area contributed by atoms with Crippen LogP contribution in [0, 0.1) is 11.3 Å². The van der Waals surface area contributed by atoms with E-state index in [0.29, 0.717) is 5.56 Å². The van der Waals surface area contributed by atoms with E-state index >= 15 is 0 Å². The van der Waals surface area contributed by atoms with Crippen LogP contribution >= 0.6 is 11.3 Å². The lowest BCUT2D eigenvalue weighted by atomic mass is 9.96. The molecule has 0 aliphatic heterocycles. The molecule has 5 N–H and O–H groups in total. The van der Waals surface area contributed by atoms with E-state index in [4.69, 9.17) is 5.26 Å². The number of hydrogen-bond acceptors (Lipinski definition) is 9. The number of phenolic OH excluding ortho intramolecular Hbond substituents is 1. The smallest absolute Gasteiger partial charge is 0.271 e. The topological polar surface area (TPSA) is 173 Å². The number of hydrogen-bond donors (Lipinski definition) is 5. The number of aromatic hydroxyl groups is 1. The van der Waals surface area contributed by atoms with Crippen molar-refractivity contribution in [1.29, 1.82) is 5.26 Å². The molecule has 29 heavy (non-hydrogen) atoms. The first-order valence-electron chi connectivity index (χ1n) is 8.34. The lowest BCUT2D eigenvalue weighted by Crippen LogP contribution is -2.49. The highest BCUT2D eigenvalue weighted by molar-refractivity contribution is 7.92. The molecule has 3 atom stereocenters. The number of phenols is 1. The van der Waals surface area contributed by atoms with Gasteiger partial charge in [0.1, 0.15) is 17.5 Å². The Morgan fingerprint density at radius 1 is 1.31 bits per heavy atom. The number of carbonyl (C=O) groups is 1. The second-order valence-corrected chi connectivity index (χ2v) is 8.89. The van der Waals surface area contributed by atoms with Crippen molar-refractivity contribution in [2.24, 2.45) is 0 Å². The number of nitrogens with zero attached hydrogens (tertiary/aromatic N) is 2. The highest BCUT2D eigenvalue weighted by atomic mass is 32.2. The van der Waals surface area contributed by atoms with Crippen LogP contribution in [0.3, 0.4) is 0 Å². The molecule has 0 saturated carbocycles. The third-order valence-corrected chi connectivity index (χ3v) is 5.28. The molecule has 0 saturated heterocycles. The first-order chi connectivity index (χ1) is 13.6. The Balaban J connectivity index is 2.18.